The molecule has 116 valence electrons. The molecule has 0 aliphatic heterocycles. The van der Waals surface area contributed by atoms with Crippen molar-refractivity contribution < 1.29 is 14.6 Å². The summed E-state index contributed by atoms with van der Waals surface area (Å²) in [4.78, 5) is 16.1. The number of carbonyl (C=O) groups is 1. The Labute approximate surface area is 133 Å². The molecule has 0 amide bonds. The van der Waals surface area contributed by atoms with E-state index in [0.717, 1.165) is 29.7 Å². The summed E-state index contributed by atoms with van der Waals surface area (Å²) in [6.45, 7) is 0.327. The van der Waals surface area contributed by atoms with Gasteiger partial charge in [0.15, 0.2) is 0 Å². The van der Waals surface area contributed by atoms with Crippen LogP contribution in [0.25, 0.3) is 5.65 Å². The summed E-state index contributed by atoms with van der Waals surface area (Å²) in [5, 5.41) is 9.44. The van der Waals surface area contributed by atoms with E-state index in [2.05, 4.69) is 4.98 Å². The van der Waals surface area contributed by atoms with Crippen molar-refractivity contribution in [2.45, 2.75) is 25.4 Å². The van der Waals surface area contributed by atoms with E-state index in [0.29, 0.717) is 18.3 Å². The molecule has 5 heteroatoms. The summed E-state index contributed by atoms with van der Waals surface area (Å²) in [6, 6.07) is 11.4. The zero-order valence-electron chi connectivity index (χ0n) is 12.5. The predicted octanol–water partition coefficient (Wildman–Crippen LogP) is 3.49. The molecule has 1 aliphatic carbocycles. The maximum atomic E-state index is 11.5. The van der Waals surface area contributed by atoms with E-state index in [1.54, 1.807) is 16.7 Å². The third-order valence-corrected chi connectivity index (χ3v) is 4.04. The number of nitrogens with zero attached hydrogens (tertiary/aromatic N) is 2. The van der Waals surface area contributed by atoms with Crippen LogP contribution in [0.2, 0.25) is 0 Å². The van der Waals surface area contributed by atoms with E-state index < -0.39 is 5.97 Å². The lowest BCUT2D eigenvalue weighted by Gasteiger charge is -2.09. The van der Waals surface area contributed by atoms with Crippen LogP contribution in [-0.2, 0) is 6.61 Å². The van der Waals surface area contributed by atoms with E-state index in [-0.39, 0.29) is 5.56 Å². The lowest BCUT2D eigenvalue weighted by molar-refractivity contribution is 0.0691. The number of hydrogen-bond acceptors (Lipinski definition) is 3. The van der Waals surface area contributed by atoms with Gasteiger partial charge in [0.25, 0.3) is 0 Å². The van der Waals surface area contributed by atoms with Crippen molar-refractivity contribution in [3.63, 3.8) is 0 Å². The van der Waals surface area contributed by atoms with Gasteiger partial charge >= 0.3 is 5.97 Å². The number of rotatable bonds is 5. The fraction of sp³-hybridized carbons (Fsp3) is 0.222. The van der Waals surface area contributed by atoms with Gasteiger partial charge in [-0.2, -0.15) is 0 Å². The van der Waals surface area contributed by atoms with Crippen LogP contribution in [0, 0.1) is 0 Å². The molecule has 0 bridgehead atoms. The fourth-order valence-corrected chi connectivity index (χ4v) is 2.63. The SMILES string of the molecule is O=C(O)c1cn2cc(C3CC3)nc2cc1OCc1ccccc1. The monoisotopic (exact) mass is 308 g/mol. The Morgan fingerprint density at radius 1 is 1.26 bits per heavy atom. The van der Waals surface area contributed by atoms with Crippen molar-refractivity contribution in [3.8, 4) is 5.75 Å². The number of pyridine rings is 1. The normalized spacial score (nSPS) is 14.1. The first-order chi connectivity index (χ1) is 11.2. The fourth-order valence-electron chi connectivity index (χ4n) is 2.63. The lowest BCUT2D eigenvalue weighted by atomic mass is 10.2. The first-order valence-corrected chi connectivity index (χ1v) is 7.63. The lowest BCUT2D eigenvalue weighted by Crippen LogP contribution is -2.05. The molecule has 2 heterocycles. The van der Waals surface area contributed by atoms with Crippen LogP contribution in [0.1, 0.15) is 40.4 Å². The molecular weight excluding hydrogens is 292 g/mol. The highest BCUT2D eigenvalue weighted by molar-refractivity contribution is 5.91. The molecule has 1 N–H and O–H groups in total. The van der Waals surface area contributed by atoms with Crippen molar-refractivity contribution in [1.82, 2.24) is 9.38 Å². The Hall–Kier alpha value is -2.82. The van der Waals surface area contributed by atoms with Gasteiger partial charge in [-0.3, -0.25) is 0 Å². The van der Waals surface area contributed by atoms with Crippen molar-refractivity contribution in [1.29, 1.82) is 0 Å². The molecule has 4 rings (SSSR count). The van der Waals surface area contributed by atoms with Crippen molar-refractivity contribution >= 4 is 11.6 Å². The molecule has 0 unspecified atom stereocenters. The molecule has 0 spiro atoms. The molecule has 5 nitrogen and oxygen atoms in total. The van der Waals surface area contributed by atoms with Gasteiger partial charge < -0.3 is 14.2 Å². The number of hydrogen-bond donors (Lipinski definition) is 1. The van der Waals surface area contributed by atoms with Gasteiger partial charge in [0, 0.05) is 24.4 Å². The summed E-state index contributed by atoms with van der Waals surface area (Å²) in [7, 11) is 0. The van der Waals surface area contributed by atoms with E-state index in [1.165, 1.54) is 0 Å². The molecule has 0 saturated heterocycles. The Morgan fingerprint density at radius 3 is 2.74 bits per heavy atom. The molecule has 23 heavy (non-hydrogen) atoms. The van der Waals surface area contributed by atoms with E-state index in [1.807, 2.05) is 36.5 Å². The van der Waals surface area contributed by atoms with Gasteiger partial charge in [0.1, 0.15) is 23.6 Å². The van der Waals surface area contributed by atoms with Crippen molar-refractivity contribution in [3.05, 3.63) is 65.6 Å². The van der Waals surface area contributed by atoms with Crippen molar-refractivity contribution in [2.24, 2.45) is 0 Å². The number of ether oxygens (including phenoxy) is 1. The van der Waals surface area contributed by atoms with Crippen LogP contribution in [0.15, 0.2) is 48.8 Å². The molecule has 1 saturated carbocycles. The quantitative estimate of drug-likeness (QED) is 0.783. The number of carboxylic acids is 1. The van der Waals surface area contributed by atoms with E-state index >= 15 is 0 Å². The Balaban J connectivity index is 1.68. The van der Waals surface area contributed by atoms with Crippen LogP contribution < -0.4 is 4.74 Å². The minimum absolute atomic E-state index is 0.146. The average Bonchev–Trinajstić information content (AvgIpc) is 3.33. The van der Waals surface area contributed by atoms with Gasteiger partial charge in [-0.25, -0.2) is 9.78 Å². The minimum Gasteiger partial charge on any atom is -0.488 e. The minimum atomic E-state index is -1.00. The number of benzene rings is 1. The molecule has 1 fully saturated rings. The number of imidazole rings is 1. The second-order valence-electron chi connectivity index (χ2n) is 5.84. The Bertz CT molecular complexity index is 867. The maximum absolute atomic E-state index is 11.5. The van der Waals surface area contributed by atoms with Crippen molar-refractivity contribution in [2.75, 3.05) is 0 Å². The third-order valence-electron chi connectivity index (χ3n) is 4.04. The average molecular weight is 308 g/mol. The second kappa shape index (κ2) is 5.43. The zero-order valence-corrected chi connectivity index (χ0v) is 12.5. The summed E-state index contributed by atoms with van der Waals surface area (Å²) in [5.41, 5.74) is 2.89. The van der Waals surface area contributed by atoms with Gasteiger partial charge in [-0.1, -0.05) is 30.3 Å². The van der Waals surface area contributed by atoms with Gasteiger partial charge in [0.2, 0.25) is 0 Å². The smallest absolute Gasteiger partial charge is 0.341 e. The standard InChI is InChI=1S/C18H16N2O3/c21-18(22)14-9-20-10-15(13-6-7-13)19-17(20)8-16(14)23-11-12-4-2-1-3-5-12/h1-5,8-10,13H,6-7,11H2,(H,21,22). The Morgan fingerprint density at radius 2 is 2.04 bits per heavy atom. The highest BCUT2D eigenvalue weighted by atomic mass is 16.5. The first kappa shape index (κ1) is 13.8. The molecular formula is C18H16N2O3. The largest absolute Gasteiger partial charge is 0.488 e. The molecule has 2 aromatic heterocycles. The van der Waals surface area contributed by atoms with Crippen LogP contribution in [0.4, 0.5) is 0 Å². The van der Waals surface area contributed by atoms with Crippen LogP contribution >= 0.6 is 0 Å². The van der Waals surface area contributed by atoms with Gasteiger partial charge in [-0.05, 0) is 18.4 Å². The summed E-state index contributed by atoms with van der Waals surface area (Å²) >= 11 is 0. The molecule has 0 atom stereocenters. The highest BCUT2D eigenvalue weighted by Crippen LogP contribution is 2.39. The number of aromatic nitrogens is 2. The molecule has 1 aromatic carbocycles. The van der Waals surface area contributed by atoms with Crippen LogP contribution in [-0.4, -0.2) is 20.5 Å². The van der Waals surface area contributed by atoms with Gasteiger partial charge in [0.05, 0.1) is 5.69 Å². The summed E-state index contributed by atoms with van der Waals surface area (Å²) < 4.78 is 7.51. The van der Waals surface area contributed by atoms with Crippen LogP contribution in [0.3, 0.4) is 0 Å². The van der Waals surface area contributed by atoms with E-state index in [4.69, 9.17) is 4.74 Å². The molecule has 0 radical (unpaired) electrons. The second-order valence-corrected chi connectivity index (χ2v) is 5.84. The topological polar surface area (TPSA) is 63.8 Å². The number of aromatic carboxylic acids is 1. The first-order valence-electron chi connectivity index (χ1n) is 7.63. The zero-order chi connectivity index (χ0) is 15.8. The molecule has 3 aromatic rings. The third kappa shape index (κ3) is 2.77. The Kier molecular flexibility index (Phi) is 3.26. The highest BCUT2D eigenvalue weighted by Gasteiger charge is 2.26. The molecule has 1 aliphatic rings. The predicted molar refractivity (Wildman–Crippen MR) is 84.9 cm³/mol. The summed E-state index contributed by atoms with van der Waals surface area (Å²) in [5.74, 6) is -0.129. The number of fused-ring (bicyclic) bond motifs is 1. The van der Waals surface area contributed by atoms with Gasteiger partial charge in [-0.15, -0.1) is 0 Å². The number of carboxylic acid groups (broad SMARTS) is 1. The maximum Gasteiger partial charge on any atom is 0.341 e. The van der Waals surface area contributed by atoms with Crippen LogP contribution in [0.5, 0.6) is 5.75 Å². The van der Waals surface area contributed by atoms with E-state index in [9.17, 15) is 9.90 Å². The summed E-state index contributed by atoms with van der Waals surface area (Å²) in [6.07, 6.45) is 5.82.